The lowest BCUT2D eigenvalue weighted by Crippen LogP contribution is -2.10. The number of hydrogen-bond donors (Lipinski definition) is 1. The van der Waals surface area contributed by atoms with Gasteiger partial charge in [0.05, 0.1) is 24.4 Å². The van der Waals surface area contributed by atoms with Crippen LogP contribution in [-0.2, 0) is 0 Å². The lowest BCUT2D eigenvalue weighted by molar-refractivity contribution is 0.414. The molecule has 5 heteroatoms. The monoisotopic (exact) mass is 351 g/mol. The molecule has 0 saturated carbocycles. The molecule has 0 bridgehead atoms. The van der Waals surface area contributed by atoms with Crippen molar-refractivity contribution in [1.29, 1.82) is 0 Å². The Kier molecular flexibility index (Phi) is 4.06. The number of nitrogens with zero attached hydrogens (tertiary/aromatic N) is 2. The predicted octanol–water partition coefficient (Wildman–Crippen LogP) is 4.64. The van der Waals surface area contributed by atoms with Crippen molar-refractivity contribution < 1.29 is 4.74 Å². The van der Waals surface area contributed by atoms with Crippen LogP contribution in [0.1, 0.15) is 29.2 Å². The molecule has 0 fully saturated rings. The topological polar surface area (TPSA) is 46.5 Å². The van der Waals surface area contributed by atoms with Gasteiger partial charge < -0.3 is 10.2 Å². The molecule has 1 aliphatic rings. The summed E-state index contributed by atoms with van der Waals surface area (Å²) in [5.41, 5.74) is 8.62. The van der Waals surface area contributed by atoms with Gasteiger partial charge in [0.25, 0.3) is 0 Å². The van der Waals surface area contributed by atoms with Crippen LogP contribution in [-0.4, -0.2) is 17.8 Å². The highest BCUT2D eigenvalue weighted by Crippen LogP contribution is 2.29. The van der Waals surface area contributed by atoms with Gasteiger partial charge in [-0.2, -0.15) is 5.10 Å². The van der Waals surface area contributed by atoms with E-state index in [0.29, 0.717) is 0 Å². The normalized spacial score (nSPS) is 16.6. The molecule has 1 unspecified atom stereocenters. The molecule has 3 aromatic rings. The molecule has 0 radical (unpaired) electrons. The predicted molar refractivity (Wildman–Crippen MR) is 102 cm³/mol. The Labute approximate surface area is 151 Å². The van der Waals surface area contributed by atoms with E-state index < -0.39 is 0 Å². The molecule has 1 N–H and O–H groups in total. The molecular weight excluding hydrogens is 334 g/mol. The van der Waals surface area contributed by atoms with Crippen molar-refractivity contribution in [3.8, 4) is 5.75 Å². The molecule has 1 atom stereocenters. The molecule has 0 spiro atoms. The molecule has 0 saturated heterocycles. The summed E-state index contributed by atoms with van der Waals surface area (Å²) >= 11 is 6.15. The molecule has 4 nitrogen and oxygen atoms in total. The van der Waals surface area contributed by atoms with Crippen LogP contribution in [0.4, 0.5) is 0 Å². The highest BCUT2D eigenvalue weighted by molar-refractivity contribution is 6.31. The zero-order valence-corrected chi connectivity index (χ0v) is 14.8. The fourth-order valence-electron chi connectivity index (χ4n) is 3.23. The molecular formula is C20H18ClN3O. The van der Waals surface area contributed by atoms with Gasteiger partial charge in [0.15, 0.2) is 0 Å². The maximum atomic E-state index is 6.15. The first-order chi connectivity index (χ1) is 12.2. The van der Waals surface area contributed by atoms with Crippen LogP contribution in [0.3, 0.4) is 0 Å². The number of benzene rings is 2. The Morgan fingerprint density at radius 3 is 2.72 bits per heavy atom. The first-order valence-corrected chi connectivity index (χ1v) is 8.55. The number of pyridine rings is 1. The fraction of sp³-hybridized carbons (Fsp3) is 0.200. The van der Waals surface area contributed by atoms with Gasteiger partial charge in [-0.15, -0.1) is 0 Å². The quantitative estimate of drug-likeness (QED) is 0.747. The number of nitrogens with one attached hydrogen (secondary N) is 1. The summed E-state index contributed by atoms with van der Waals surface area (Å²) in [5, 5.41) is 6.35. The van der Waals surface area contributed by atoms with Crippen molar-refractivity contribution in [3.63, 3.8) is 0 Å². The lowest BCUT2D eigenvalue weighted by atomic mass is 9.96. The third-order valence-electron chi connectivity index (χ3n) is 4.68. The zero-order chi connectivity index (χ0) is 17.4. The van der Waals surface area contributed by atoms with E-state index in [0.717, 1.165) is 44.9 Å². The lowest BCUT2D eigenvalue weighted by Gasteiger charge is -2.12. The molecule has 2 aromatic carbocycles. The molecule has 4 rings (SSSR count). The molecule has 25 heavy (non-hydrogen) atoms. The number of rotatable bonds is 3. The Bertz CT molecular complexity index is 967. The average Bonchev–Trinajstić information content (AvgIpc) is 3.12. The Morgan fingerprint density at radius 2 is 1.96 bits per heavy atom. The van der Waals surface area contributed by atoms with E-state index in [1.807, 2.05) is 36.5 Å². The zero-order valence-electron chi connectivity index (χ0n) is 14.1. The molecule has 1 aromatic heterocycles. The molecule has 1 aliphatic heterocycles. The third kappa shape index (κ3) is 2.94. The summed E-state index contributed by atoms with van der Waals surface area (Å²) < 4.78 is 5.22. The number of aromatic nitrogens is 1. The first-order valence-electron chi connectivity index (χ1n) is 8.17. The summed E-state index contributed by atoms with van der Waals surface area (Å²) in [4.78, 5) is 4.56. The second kappa shape index (κ2) is 6.37. The van der Waals surface area contributed by atoms with Gasteiger partial charge in [-0.05, 0) is 48.4 Å². The number of ether oxygens (including phenoxy) is 1. The van der Waals surface area contributed by atoms with Crippen molar-refractivity contribution in [2.24, 2.45) is 5.10 Å². The Hall–Kier alpha value is -2.59. The van der Waals surface area contributed by atoms with Gasteiger partial charge in [-0.3, -0.25) is 4.98 Å². The van der Waals surface area contributed by atoms with Crippen molar-refractivity contribution in [2.45, 2.75) is 19.4 Å². The van der Waals surface area contributed by atoms with E-state index in [4.69, 9.17) is 16.3 Å². The SMILES string of the molecule is COc1ccc(C2CC(c3cnc4ccc(Cl)cc4c3C)=NN2)cc1. The smallest absolute Gasteiger partial charge is 0.118 e. The largest absolute Gasteiger partial charge is 0.497 e. The second-order valence-electron chi connectivity index (χ2n) is 6.18. The molecule has 2 heterocycles. The fourth-order valence-corrected chi connectivity index (χ4v) is 3.40. The van der Waals surface area contributed by atoms with Crippen molar-refractivity contribution in [2.75, 3.05) is 7.11 Å². The van der Waals surface area contributed by atoms with Crippen LogP contribution in [0.2, 0.25) is 5.02 Å². The molecule has 126 valence electrons. The Balaban J connectivity index is 1.62. The minimum Gasteiger partial charge on any atom is -0.497 e. The van der Waals surface area contributed by atoms with Crippen molar-refractivity contribution >= 4 is 28.2 Å². The molecule has 0 amide bonds. The van der Waals surface area contributed by atoms with Gasteiger partial charge in [0.1, 0.15) is 5.75 Å². The van der Waals surface area contributed by atoms with E-state index in [9.17, 15) is 0 Å². The van der Waals surface area contributed by atoms with Crippen molar-refractivity contribution in [1.82, 2.24) is 10.4 Å². The highest BCUT2D eigenvalue weighted by atomic mass is 35.5. The second-order valence-corrected chi connectivity index (χ2v) is 6.61. The maximum absolute atomic E-state index is 6.15. The van der Waals surface area contributed by atoms with E-state index in [1.54, 1.807) is 7.11 Å². The number of halogens is 1. The van der Waals surface area contributed by atoms with Crippen molar-refractivity contribution in [3.05, 3.63) is 70.4 Å². The van der Waals surface area contributed by atoms with E-state index in [2.05, 4.69) is 34.6 Å². The van der Waals surface area contributed by atoms with E-state index in [-0.39, 0.29) is 6.04 Å². The number of hydrogen-bond acceptors (Lipinski definition) is 4. The van der Waals surface area contributed by atoms with E-state index in [1.165, 1.54) is 5.56 Å². The average molecular weight is 352 g/mol. The van der Waals surface area contributed by atoms with Gasteiger partial charge in [-0.25, -0.2) is 0 Å². The minimum atomic E-state index is 0.162. The summed E-state index contributed by atoms with van der Waals surface area (Å²) in [7, 11) is 1.67. The van der Waals surface area contributed by atoms with E-state index >= 15 is 0 Å². The Morgan fingerprint density at radius 1 is 1.16 bits per heavy atom. The molecule has 0 aliphatic carbocycles. The number of methoxy groups -OCH3 is 1. The van der Waals surface area contributed by atoms with Gasteiger partial charge >= 0.3 is 0 Å². The standard InChI is InChI=1S/C20H18ClN3O/c1-12-16-9-14(21)5-8-18(16)22-11-17(12)20-10-19(23-24-20)13-3-6-15(25-2)7-4-13/h3-9,11,19,23H,10H2,1-2H3. The van der Waals surface area contributed by atoms with Gasteiger partial charge in [0, 0.05) is 28.6 Å². The first kappa shape index (κ1) is 15.9. The van der Waals surface area contributed by atoms with Gasteiger partial charge in [-0.1, -0.05) is 23.7 Å². The van der Waals surface area contributed by atoms with Crippen LogP contribution in [0.25, 0.3) is 10.9 Å². The van der Waals surface area contributed by atoms with Crippen LogP contribution in [0, 0.1) is 6.92 Å². The van der Waals surface area contributed by atoms with Crippen LogP contribution >= 0.6 is 11.6 Å². The number of fused-ring (bicyclic) bond motifs is 1. The van der Waals surface area contributed by atoms with Gasteiger partial charge in [0.2, 0.25) is 0 Å². The summed E-state index contributed by atoms with van der Waals surface area (Å²) in [5.74, 6) is 0.856. The maximum Gasteiger partial charge on any atom is 0.118 e. The summed E-state index contributed by atoms with van der Waals surface area (Å²) in [6.45, 7) is 2.10. The highest BCUT2D eigenvalue weighted by Gasteiger charge is 2.23. The van der Waals surface area contributed by atoms with Crippen LogP contribution in [0.5, 0.6) is 5.75 Å². The van der Waals surface area contributed by atoms with Crippen LogP contribution in [0.15, 0.2) is 53.8 Å². The minimum absolute atomic E-state index is 0.162. The summed E-state index contributed by atoms with van der Waals surface area (Å²) in [6.07, 6.45) is 2.73. The number of hydrazone groups is 1. The summed E-state index contributed by atoms with van der Waals surface area (Å²) in [6, 6.07) is 14.0. The third-order valence-corrected chi connectivity index (χ3v) is 4.92. The number of aryl methyl sites for hydroxylation is 1. The van der Waals surface area contributed by atoms with Crippen LogP contribution < -0.4 is 10.2 Å².